The highest BCUT2D eigenvalue weighted by molar-refractivity contribution is 5.97. The van der Waals surface area contributed by atoms with Crippen molar-refractivity contribution in [2.75, 3.05) is 5.73 Å². The Morgan fingerprint density at radius 1 is 1.37 bits per heavy atom. The van der Waals surface area contributed by atoms with Gasteiger partial charge in [-0.3, -0.25) is 9.48 Å². The molecule has 1 amide bonds. The van der Waals surface area contributed by atoms with E-state index in [0.29, 0.717) is 29.4 Å². The first kappa shape index (κ1) is 13.1. The zero-order chi connectivity index (χ0) is 14.2. The molecule has 2 heterocycles. The van der Waals surface area contributed by atoms with E-state index < -0.39 is 0 Å². The Labute approximate surface area is 110 Å². The molecule has 2 aromatic heterocycles. The molecule has 0 saturated heterocycles. The van der Waals surface area contributed by atoms with Gasteiger partial charge in [0, 0.05) is 19.2 Å². The monoisotopic (exact) mass is 263 g/mol. The number of carbonyl (C=O) groups is 1. The summed E-state index contributed by atoms with van der Waals surface area (Å²) < 4.78 is 6.52. The van der Waals surface area contributed by atoms with E-state index >= 15 is 0 Å². The average molecular weight is 263 g/mol. The van der Waals surface area contributed by atoms with Crippen LogP contribution in [0.5, 0.6) is 0 Å². The Kier molecular flexibility index (Phi) is 3.28. The second-order valence-corrected chi connectivity index (χ2v) is 4.46. The molecule has 0 unspecified atom stereocenters. The Balaban J connectivity index is 2.14. The van der Waals surface area contributed by atoms with Gasteiger partial charge in [0.2, 0.25) is 0 Å². The first-order chi connectivity index (χ1) is 8.91. The smallest absolute Gasteiger partial charge is 0.271 e. The molecule has 0 aliphatic rings. The minimum Gasteiger partial charge on any atom is -0.395 e. The molecule has 2 rings (SSSR count). The molecule has 0 aliphatic heterocycles. The average Bonchev–Trinajstić information content (AvgIpc) is 2.78. The van der Waals surface area contributed by atoms with E-state index in [1.807, 2.05) is 13.8 Å². The molecule has 7 nitrogen and oxygen atoms in total. The molecule has 0 aliphatic carbocycles. The summed E-state index contributed by atoms with van der Waals surface area (Å²) >= 11 is 0. The van der Waals surface area contributed by atoms with Crippen molar-refractivity contribution in [3.8, 4) is 0 Å². The highest BCUT2D eigenvalue weighted by Crippen LogP contribution is 2.16. The second-order valence-electron chi connectivity index (χ2n) is 4.46. The van der Waals surface area contributed by atoms with E-state index in [2.05, 4.69) is 15.6 Å². The third-order valence-electron chi connectivity index (χ3n) is 3.09. The van der Waals surface area contributed by atoms with E-state index in [1.165, 1.54) is 4.68 Å². The van der Waals surface area contributed by atoms with Crippen molar-refractivity contribution in [1.82, 2.24) is 20.3 Å². The second kappa shape index (κ2) is 4.75. The minimum atomic E-state index is -0.263. The summed E-state index contributed by atoms with van der Waals surface area (Å²) in [6.45, 7) is 5.76. The lowest BCUT2D eigenvalue weighted by atomic mass is 10.2. The lowest BCUT2D eigenvalue weighted by Crippen LogP contribution is -2.26. The quantitative estimate of drug-likeness (QED) is 0.855. The maximum atomic E-state index is 12.1. The maximum absolute atomic E-state index is 12.1. The van der Waals surface area contributed by atoms with Crippen molar-refractivity contribution in [3.05, 3.63) is 28.4 Å². The topological polar surface area (TPSA) is 99.0 Å². The number of carbonyl (C=O) groups excluding carboxylic acids is 1. The van der Waals surface area contributed by atoms with Crippen molar-refractivity contribution < 1.29 is 9.32 Å². The Bertz CT molecular complexity index is 607. The molecule has 102 valence electrons. The van der Waals surface area contributed by atoms with Crippen LogP contribution in [0.25, 0.3) is 0 Å². The first-order valence-corrected chi connectivity index (χ1v) is 5.90. The number of anilines is 1. The van der Waals surface area contributed by atoms with Crippen LogP contribution in [0.3, 0.4) is 0 Å². The summed E-state index contributed by atoms with van der Waals surface area (Å²) in [5, 5.41) is 10.7. The predicted molar refractivity (Wildman–Crippen MR) is 69.5 cm³/mol. The van der Waals surface area contributed by atoms with E-state index in [-0.39, 0.29) is 5.91 Å². The summed E-state index contributed by atoms with van der Waals surface area (Å²) in [5.74, 6) is 0.438. The van der Waals surface area contributed by atoms with Crippen LogP contribution in [0.4, 0.5) is 5.69 Å². The van der Waals surface area contributed by atoms with Gasteiger partial charge < -0.3 is 15.6 Å². The number of nitrogens with zero attached hydrogens (tertiary/aromatic N) is 3. The Morgan fingerprint density at radius 2 is 2.05 bits per heavy atom. The number of hydrogen-bond donors (Lipinski definition) is 2. The fraction of sp³-hybridized carbons (Fsp3) is 0.417. The summed E-state index contributed by atoms with van der Waals surface area (Å²) in [6, 6.07) is 0. The van der Waals surface area contributed by atoms with Crippen molar-refractivity contribution >= 4 is 11.6 Å². The van der Waals surface area contributed by atoms with Gasteiger partial charge in [0.1, 0.15) is 11.5 Å². The van der Waals surface area contributed by atoms with E-state index in [1.54, 1.807) is 14.0 Å². The van der Waals surface area contributed by atoms with Crippen LogP contribution in [-0.4, -0.2) is 20.8 Å². The number of aryl methyl sites for hydroxylation is 4. The molecule has 0 atom stereocenters. The van der Waals surface area contributed by atoms with E-state index in [4.69, 9.17) is 10.3 Å². The molecular formula is C12H17N5O2. The molecule has 0 saturated carbocycles. The largest absolute Gasteiger partial charge is 0.395 e. The minimum absolute atomic E-state index is 0.263. The van der Waals surface area contributed by atoms with Crippen LogP contribution in [0.15, 0.2) is 4.52 Å². The van der Waals surface area contributed by atoms with Gasteiger partial charge in [-0.1, -0.05) is 5.16 Å². The van der Waals surface area contributed by atoms with Crippen LogP contribution in [-0.2, 0) is 13.6 Å². The van der Waals surface area contributed by atoms with Gasteiger partial charge in [0.05, 0.1) is 17.1 Å². The summed E-state index contributed by atoms with van der Waals surface area (Å²) in [4.78, 5) is 12.1. The molecule has 19 heavy (non-hydrogen) atoms. The number of aromatic nitrogens is 3. The molecule has 7 heteroatoms. The molecule has 2 aromatic rings. The lowest BCUT2D eigenvalue weighted by molar-refractivity contribution is 0.0942. The maximum Gasteiger partial charge on any atom is 0.271 e. The highest BCUT2D eigenvalue weighted by atomic mass is 16.5. The summed E-state index contributed by atoms with van der Waals surface area (Å²) in [5.41, 5.74) is 8.90. The van der Waals surface area contributed by atoms with E-state index in [0.717, 1.165) is 11.3 Å². The van der Waals surface area contributed by atoms with Crippen LogP contribution in [0.1, 0.15) is 33.2 Å². The van der Waals surface area contributed by atoms with Crippen LogP contribution in [0, 0.1) is 20.8 Å². The highest BCUT2D eigenvalue weighted by Gasteiger charge is 2.18. The number of nitrogens with one attached hydrogen (secondary N) is 1. The lowest BCUT2D eigenvalue weighted by Gasteiger charge is -2.06. The van der Waals surface area contributed by atoms with Gasteiger partial charge in [-0.2, -0.15) is 5.10 Å². The fourth-order valence-corrected chi connectivity index (χ4v) is 1.95. The zero-order valence-electron chi connectivity index (χ0n) is 11.4. The molecule has 0 bridgehead atoms. The zero-order valence-corrected chi connectivity index (χ0v) is 11.4. The SMILES string of the molecule is Cc1nn(C)c(C(=O)NCc2c(C)noc2C)c1N. The van der Waals surface area contributed by atoms with Crippen LogP contribution >= 0.6 is 0 Å². The molecule has 3 N–H and O–H groups in total. The van der Waals surface area contributed by atoms with Gasteiger partial charge in [-0.25, -0.2) is 0 Å². The first-order valence-electron chi connectivity index (χ1n) is 5.90. The number of hydrogen-bond acceptors (Lipinski definition) is 5. The number of rotatable bonds is 3. The van der Waals surface area contributed by atoms with Gasteiger partial charge in [0.15, 0.2) is 0 Å². The van der Waals surface area contributed by atoms with Crippen molar-refractivity contribution in [2.24, 2.45) is 7.05 Å². The van der Waals surface area contributed by atoms with Gasteiger partial charge in [-0.05, 0) is 20.8 Å². The molecule has 0 radical (unpaired) electrons. The van der Waals surface area contributed by atoms with Crippen molar-refractivity contribution in [2.45, 2.75) is 27.3 Å². The standard InChI is InChI=1S/C12H17N5O2/c1-6-9(8(3)19-16-6)5-14-12(18)11-10(13)7(2)15-17(11)4/h5,13H2,1-4H3,(H,14,18). The Morgan fingerprint density at radius 3 is 2.53 bits per heavy atom. The molecule has 0 spiro atoms. The summed E-state index contributed by atoms with van der Waals surface area (Å²) in [7, 11) is 1.69. The van der Waals surface area contributed by atoms with Gasteiger partial charge >= 0.3 is 0 Å². The van der Waals surface area contributed by atoms with Crippen molar-refractivity contribution in [3.63, 3.8) is 0 Å². The van der Waals surface area contributed by atoms with Crippen molar-refractivity contribution in [1.29, 1.82) is 0 Å². The van der Waals surface area contributed by atoms with Gasteiger partial charge in [0.25, 0.3) is 5.91 Å². The van der Waals surface area contributed by atoms with Crippen LogP contribution < -0.4 is 11.1 Å². The molecule has 0 aromatic carbocycles. The predicted octanol–water partition coefficient (Wildman–Crippen LogP) is 0.846. The van der Waals surface area contributed by atoms with E-state index in [9.17, 15) is 4.79 Å². The molecular weight excluding hydrogens is 246 g/mol. The molecule has 0 fully saturated rings. The van der Waals surface area contributed by atoms with Crippen LogP contribution in [0.2, 0.25) is 0 Å². The Hall–Kier alpha value is -2.31. The fourth-order valence-electron chi connectivity index (χ4n) is 1.95. The van der Waals surface area contributed by atoms with Gasteiger partial charge in [-0.15, -0.1) is 0 Å². The number of amides is 1. The normalized spacial score (nSPS) is 10.7. The number of nitrogens with two attached hydrogens (primary N) is 1. The number of nitrogen functional groups attached to an aromatic ring is 1. The third kappa shape index (κ3) is 2.31. The third-order valence-corrected chi connectivity index (χ3v) is 3.09. The summed E-state index contributed by atoms with van der Waals surface area (Å²) in [6.07, 6.45) is 0.